The lowest BCUT2D eigenvalue weighted by Gasteiger charge is -2.22. The molecule has 4 heteroatoms. The molecule has 2 aromatic rings. The Balaban J connectivity index is 1.73. The van der Waals surface area contributed by atoms with E-state index in [1.807, 2.05) is 36.4 Å². The van der Waals surface area contributed by atoms with Gasteiger partial charge < -0.3 is 10.4 Å². The van der Waals surface area contributed by atoms with Crippen LogP contribution in [0.2, 0.25) is 0 Å². The van der Waals surface area contributed by atoms with Gasteiger partial charge in [-0.1, -0.05) is 55.0 Å². The molecule has 25 heavy (non-hydrogen) atoms. The normalized spacial score (nSPS) is 19.5. The molecule has 4 nitrogen and oxygen atoms in total. The minimum absolute atomic E-state index is 0.0281. The number of carbonyl (C=O) groups excluding carboxylic acids is 1. The number of hydrogen-bond donors (Lipinski definition) is 2. The van der Waals surface area contributed by atoms with Crippen molar-refractivity contribution < 1.29 is 14.7 Å². The van der Waals surface area contributed by atoms with Gasteiger partial charge in [0.15, 0.2) is 0 Å². The van der Waals surface area contributed by atoms with Crippen LogP contribution in [0.15, 0.2) is 54.6 Å². The number of aryl methyl sites for hydroxylation is 1. The Hall–Kier alpha value is -2.62. The molecule has 2 N–H and O–H groups in total. The van der Waals surface area contributed by atoms with Crippen molar-refractivity contribution in [2.75, 3.05) is 0 Å². The summed E-state index contributed by atoms with van der Waals surface area (Å²) in [6, 6.07) is 17.7. The molecule has 1 saturated carbocycles. The minimum atomic E-state index is -0.852. The topological polar surface area (TPSA) is 66.4 Å². The standard InChI is InChI=1S/C21H23NO3/c23-20(24)14-13-16-9-4-5-10-18(16)21(25)22-19-12-6-11-17(19)15-7-2-1-3-8-15/h1-5,7-10,17,19H,6,11-14H2,(H,22,25)(H,23,24)/t17-,19-/m1/s1. The van der Waals surface area contributed by atoms with Crippen LogP contribution in [0, 0.1) is 0 Å². The van der Waals surface area contributed by atoms with Gasteiger partial charge in [0.1, 0.15) is 0 Å². The number of rotatable bonds is 6. The molecule has 0 heterocycles. The highest BCUT2D eigenvalue weighted by Crippen LogP contribution is 2.34. The summed E-state index contributed by atoms with van der Waals surface area (Å²) in [4.78, 5) is 23.6. The maximum absolute atomic E-state index is 12.8. The second kappa shape index (κ2) is 7.97. The van der Waals surface area contributed by atoms with Crippen molar-refractivity contribution in [3.8, 4) is 0 Å². The fourth-order valence-corrected chi connectivity index (χ4v) is 3.68. The first-order chi connectivity index (χ1) is 12.1. The molecule has 0 spiro atoms. The molecule has 1 aliphatic rings. The number of carbonyl (C=O) groups is 2. The molecular formula is C21H23NO3. The average Bonchev–Trinajstić information content (AvgIpc) is 3.09. The maximum Gasteiger partial charge on any atom is 0.303 e. The molecular weight excluding hydrogens is 314 g/mol. The van der Waals surface area contributed by atoms with E-state index in [9.17, 15) is 9.59 Å². The Kier molecular flexibility index (Phi) is 5.49. The average molecular weight is 337 g/mol. The SMILES string of the molecule is O=C(O)CCc1ccccc1C(=O)N[C@@H]1CCC[C@@H]1c1ccccc1. The summed E-state index contributed by atoms with van der Waals surface area (Å²) in [6.07, 6.45) is 3.55. The number of nitrogens with one attached hydrogen (secondary N) is 1. The summed E-state index contributed by atoms with van der Waals surface area (Å²) < 4.78 is 0. The molecule has 1 amide bonds. The lowest BCUT2D eigenvalue weighted by Crippen LogP contribution is -2.37. The first-order valence-electron chi connectivity index (χ1n) is 8.80. The van der Waals surface area contributed by atoms with Gasteiger partial charge in [-0.3, -0.25) is 9.59 Å². The van der Waals surface area contributed by atoms with E-state index in [2.05, 4.69) is 17.4 Å². The number of benzene rings is 2. The highest BCUT2D eigenvalue weighted by molar-refractivity contribution is 5.96. The van der Waals surface area contributed by atoms with E-state index in [1.165, 1.54) is 5.56 Å². The van der Waals surface area contributed by atoms with Crippen molar-refractivity contribution in [1.29, 1.82) is 0 Å². The summed E-state index contributed by atoms with van der Waals surface area (Å²) >= 11 is 0. The Morgan fingerprint density at radius 3 is 2.48 bits per heavy atom. The fourth-order valence-electron chi connectivity index (χ4n) is 3.68. The van der Waals surface area contributed by atoms with Gasteiger partial charge in [0.2, 0.25) is 0 Å². The predicted octanol–water partition coefficient (Wildman–Crippen LogP) is 3.77. The van der Waals surface area contributed by atoms with Crippen LogP contribution in [-0.4, -0.2) is 23.0 Å². The third-order valence-electron chi connectivity index (χ3n) is 4.93. The summed E-state index contributed by atoms with van der Waals surface area (Å²) in [6.45, 7) is 0. The van der Waals surface area contributed by atoms with E-state index in [1.54, 1.807) is 6.07 Å². The molecule has 3 rings (SSSR count). The first-order valence-corrected chi connectivity index (χ1v) is 8.80. The van der Waals surface area contributed by atoms with Crippen molar-refractivity contribution in [2.45, 2.75) is 44.1 Å². The van der Waals surface area contributed by atoms with Crippen molar-refractivity contribution in [3.63, 3.8) is 0 Å². The lowest BCUT2D eigenvalue weighted by atomic mass is 9.93. The third-order valence-corrected chi connectivity index (χ3v) is 4.93. The van der Waals surface area contributed by atoms with Crippen LogP contribution in [0.25, 0.3) is 0 Å². The molecule has 0 aliphatic heterocycles. The van der Waals surface area contributed by atoms with Gasteiger partial charge in [0, 0.05) is 23.9 Å². The highest BCUT2D eigenvalue weighted by atomic mass is 16.4. The Morgan fingerprint density at radius 1 is 1.00 bits per heavy atom. The smallest absolute Gasteiger partial charge is 0.303 e. The van der Waals surface area contributed by atoms with E-state index in [4.69, 9.17) is 5.11 Å². The molecule has 2 atom stereocenters. The summed E-state index contributed by atoms with van der Waals surface area (Å²) in [5, 5.41) is 12.1. The van der Waals surface area contributed by atoms with Gasteiger partial charge in [-0.05, 0) is 36.5 Å². The fraction of sp³-hybridized carbons (Fsp3) is 0.333. The molecule has 0 bridgehead atoms. The molecule has 0 unspecified atom stereocenters. The lowest BCUT2D eigenvalue weighted by molar-refractivity contribution is -0.136. The van der Waals surface area contributed by atoms with Crippen LogP contribution >= 0.6 is 0 Å². The summed E-state index contributed by atoms with van der Waals surface area (Å²) in [5.41, 5.74) is 2.64. The highest BCUT2D eigenvalue weighted by Gasteiger charge is 2.30. The molecule has 0 radical (unpaired) electrons. The van der Waals surface area contributed by atoms with E-state index < -0.39 is 5.97 Å². The molecule has 0 saturated heterocycles. The molecule has 2 aromatic carbocycles. The van der Waals surface area contributed by atoms with Crippen LogP contribution in [0.1, 0.15) is 53.1 Å². The van der Waals surface area contributed by atoms with E-state index in [-0.39, 0.29) is 18.4 Å². The quantitative estimate of drug-likeness (QED) is 0.843. The van der Waals surface area contributed by atoms with Crippen molar-refractivity contribution in [1.82, 2.24) is 5.32 Å². The Bertz CT molecular complexity index is 742. The van der Waals surface area contributed by atoms with Gasteiger partial charge in [-0.2, -0.15) is 0 Å². The molecule has 130 valence electrons. The van der Waals surface area contributed by atoms with Gasteiger partial charge >= 0.3 is 5.97 Å². The van der Waals surface area contributed by atoms with Crippen LogP contribution in [0.4, 0.5) is 0 Å². The number of carboxylic acid groups (broad SMARTS) is 1. The first kappa shape index (κ1) is 17.2. The van der Waals surface area contributed by atoms with Crippen LogP contribution < -0.4 is 5.32 Å². The van der Waals surface area contributed by atoms with E-state index in [0.717, 1.165) is 24.8 Å². The predicted molar refractivity (Wildman–Crippen MR) is 96.7 cm³/mol. The Morgan fingerprint density at radius 2 is 1.72 bits per heavy atom. The van der Waals surface area contributed by atoms with Gasteiger partial charge in [-0.15, -0.1) is 0 Å². The Labute approximate surface area is 147 Å². The van der Waals surface area contributed by atoms with Gasteiger partial charge in [-0.25, -0.2) is 0 Å². The second-order valence-corrected chi connectivity index (χ2v) is 6.58. The van der Waals surface area contributed by atoms with Crippen molar-refractivity contribution >= 4 is 11.9 Å². The maximum atomic E-state index is 12.8. The number of amides is 1. The number of aliphatic carboxylic acids is 1. The van der Waals surface area contributed by atoms with E-state index in [0.29, 0.717) is 17.9 Å². The van der Waals surface area contributed by atoms with E-state index >= 15 is 0 Å². The molecule has 1 fully saturated rings. The number of hydrogen-bond acceptors (Lipinski definition) is 2. The van der Waals surface area contributed by atoms with Crippen LogP contribution in [0.3, 0.4) is 0 Å². The number of carboxylic acids is 1. The molecule has 0 aromatic heterocycles. The second-order valence-electron chi connectivity index (χ2n) is 6.58. The van der Waals surface area contributed by atoms with Crippen LogP contribution in [0.5, 0.6) is 0 Å². The zero-order valence-corrected chi connectivity index (χ0v) is 14.2. The third kappa shape index (κ3) is 4.27. The van der Waals surface area contributed by atoms with Gasteiger partial charge in [0.05, 0.1) is 0 Å². The zero-order chi connectivity index (χ0) is 17.6. The minimum Gasteiger partial charge on any atom is -0.481 e. The summed E-state index contributed by atoms with van der Waals surface area (Å²) in [5.74, 6) is -0.611. The zero-order valence-electron chi connectivity index (χ0n) is 14.2. The van der Waals surface area contributed by atoms with Crippen molar-refractivity contribution in [3.05, 3.63) is 71.3 Å². The van der Waals surface area contributed by atoms with Crippen molar-refractivity contribution in [2.24, 2.45) is 0 Å². The van der Waals surface area contributed by atoms with Gasteiger partial charge in [0.25, 0.3) is 5.91 Å². The monoisotopic (exact) mass is 337 g/mol. The largest absolute Gasteiger partial charge is 0.481 e. The van der Waals surface area contributed by atoms with Crippen LogP contribution in [-0.2, 0) is 11.2 Å². The molecule has 1 aliphatic carbocycles. The summed E-state index contributed by atoms with van der Waals surface area (Å²) in [7, 11) is 0.